The first kappa shape index (κ1) is 7.91. The summed E-state index contributed by atoms with van der Waals surface area (Å²) in [4.78, 5) is 13.7. The molecule has 2 unspecified atom stereocenters. The molecule has 14 heavy (non-hydrogen) atoms. The van der Waals surface area contributed by atoms with E-state index in [1.807, 2.05) is 4.90 Å². The van der Waals surface area contributed by atoms with Crippen molar-refractivity contribution in [2.75, 3.05) is 18.8 Å². The SMILES string of the molecule is Nc1ccoc1C(=O)N1CC2CC2C1. The number of carbonyl (C=O) groups excluding carboxylic acids is 1. The third-order valence-electron chi connectivity index (χ3n) is 3.16. The van der Waals surface area contributed by atoms with Crippen LogP contribution in [0.25, 0.3) is 0 Å². The van der Waals surface area contributed by atoms with E-state index in [4.69, 9.17) is 10.2 Å². The molecule has 1 amide bonds. The molecule has 1 aliphatic heterocycles. The van der Waals surface area contributed by atoms with E-state index in [-0.39, 0.29) is 5.91 Å². The maximum absolute atomic E-state index is 11.8. The minimum atomic E-state index is -0.0558. The summed E-state index contributed by atoms with van der Waals surface area (Å²) in [7, 11) is 0. The lowest BCUT2D eigenvalue weighted by Gasteiger charge is -2.16. The van der Waals surface area contributed by atoms with Gasteiger partial charge in [0.25, 0.3) is 5.91 Å². The van der Waals surface area contributed by atoms with E-state index in [0.29, 0.717) is 11.4 Å². The molecule has 2 N–H and O–H groups in total. The summed E-state index contributed by atoms with van der Waals surface area (Å²) in [6.45, 7) is 1.76. The second-order valence-electron chi connectivity index (χ2n) is 4.17. The van der Waals surface area contributed by atoms with Crippen LogP contribution in [-0.2, 0) is 0 Å². The van der Waals surface area contributed by atoms with E-state index >= 15 is 0 Å². The molecular weight excluding hydrogens is 180 g/mol. The van der Waals surface area contributed by atoms with Crippen LogP contribution in [0.5, 0.6) is 0 Å². The number of hydrogen-bond acceptors (Lipinski definition) is 3. The van der Waals surface area contributed by atoms with Crippen LogP contribution in [0.1, 0.15) is 17.0 Å². The van der Waals surface area contributed by atoms with Gasteiger partial charge in [0.1, 0.15) is 0 Å². The number of hydrogen-bond donors (Lipinski definition) is 1. The lowest BCUT2D eigenvalue weighted by molar-refractivity contribution is 0.0745. The lowest BCUT2D eigenvalue weighted by atomic mass is 10.3. The molecule has 4 nitrogen and oxygen atoms in total. The van der Waals surface area contributed by atoms with Crippen molar-refractivity contribution in [1.82, 2.24) is 4.90 Å². The van der Waals surface area contributed by atoms with Crippen molar-refractivity contribution in [3.05, 3.63) is 18.1 Å². The van der Waals surface area contributed by atoms with E-state index in [0.717, 1.165) is 24.9 Å². The number of nitrogen functional groups attached to an aromatic ring is 1. The highest BCUT2D eigenvalue weighted by Crippen LogP contribution is 2.45. The van der Waals surface area contributed by atoms with Crippen molar-refractivity contribution < 1.29 is 9.21 Å². The molecule has 1 saturated carbocycles. The van der Waals surface area contributed by atoms with E-state index in [1.165, 1.54) is 12.7 Å². The topological polar surface area (TPSA) is 59.5 Å². The normalized spacial score (nSPS) is 29.0. The van der Waals surface area contributed by atoms with Gasteiger partial charge in [0.05, 0.1) is 12.0 Å². The zero-order valence-electron chi connectivity index (χ0n) is 7.77. The highest BCUT2D eigenvalue weighted by Gasteiger charge is 2.47. The van der Waals surface area contributed by atoms with Gasteiger partial charge < -0.3 is 15.1 Å². The van der Waals surface area contributed by atoms with Gasteiger partial charge in [0.15, 0.2) is 0 Å². The summed E-state index contributed by atoms with van der Waals surface area (Å²) in [5, 5.41) is 0. The standard InChI is InChI=1S/C10H12N2O2/c11-8-1-2-14-9(8)10(13)12-4-6-3-7(6)5-12/h1-2,6-7H,3-5,11H2. The molecule has 74 valence electrons. The Morgan fingerprint density at radius 2 is 2.21 bits per heavy atom. The number of nitrogens with two attached hydrogens (primary N) is 1. The molecule has 1 aromatic heterocycles. The Kier molecular flexibility index (Phi) is 1.43. The molecule has 2 heterocycles. The molecule has 1 saturated heterocycles. The van der Waals surface area contributed by atoms with Gasteiger partial charge in [-0.25, -0.2) is 0 Å². The Morgan fingerprint density at radius 3 is 2.79 bits per heavy atom. The van der Waals surface area contributed by atoms with Crippen molar-refractivity contribution in [2.45, 2.75) is 6.42 Å². The number of amides is 1. The lowest BCUT2D eigenvalue weighted by Crippen LogP contribution is -2.30. The summed E-state index contributed by atoms with van der Waals surface area (Å²) < 4.78 is 5.07. The van der Waals surface area contributed by atoms with Gasteiger partial charge in [-0.05, 0) is 18.3 Å². The smallest absolute Gasteiger partial charge is 0.291 e. The van der Waals surface area contributed by atoms with Crippen LogP contribution in [-0.4, -0.2) is 23.9 Å². The Bertz CT molecular complexity index is 375. The molecule has 3 rings (SSSR count). The fraction of sp³-hybridized carbons (Fsp3) is 0.500. The molecule has 0 bridgehead atoms. The van der Waals surface area contributed by atoms with Crippen molar-refractivity contribution in [2.24, 2.45) is 11.8 Å². The van der Waals surface area contributed by atoms with Crippen LogP contribution in [0.2, 0.25) is 0 Å². The van der Waals surface area contributed by atoms with Gasteiger partial charge in [-0.15, -0.1) is 0 Å². The number of piperidine rings is 1. The van der Waals surface area contributed by atoms with Crippen molar-refractivity contribution in [3.63, 3.8) is 0 Å². The summed E-state index contributed by atoms with van der Waals surface area (Å²) in [6, 6.07) is 1.62. The maximum atomic E-state index is 11.8. The fourth-order valence-electron chi connectivity index (χ4n) is 2.20. The number of anilines is 1. The molecule has 2 fully saturated rings. The molecule has 4 heteroatoms. The number of furan rings is 1. The molecule has 0 spiro atoms. The van der Waals surface area contributed by atoms with Crippen molar-refractivity contribution in [3.8, 4) is 0 Å². The Labute approximate surface area is 81.7 Å². The molecule has 0 aromatic carbocycles. The van der Waals surface area contributed by atoms with Gasteiger partial charge in [-0.2, -0.15) is 0 Å². The first-order valence-corrected chi connectivity index (χ1v) is 4.88. The Balaban J connectivity index is 1.79. The van der Waals surface area contributed by atoms with E-state index in [9.17, 15) is 4.79 Å². The first-order valence-electron chi connectivity index (χ1n) is 4.88. The van der Waals surface area contributed by atoms with Gasteiger partial charge in [-0.3, -0.25) is 4.79 Å². The Hall–Kier alpha value is -1.45. The highest BCUT2D eigenvalue weighted by molar-refractivity contribution is 5.96. The highest BCUT2D eigenvalue weighted by atomic mass is 16.3. The summed E-state index contributed by atoms with van der Waals surface area (Å²) in [6.07, 6.45) is 2.75. The second-order valence-corrected chi connectivity index (χ2v) is 4.17. The van der Waals surface area contributed by atoms with Crippen LogP contribution < -0.4 is 5.73 Å². The van der Waals surface area contributed by atoms with E-state index in [2.05, 4.69) is 0 Å². The van der Waals surface area contributed by atoms with Crippen molar-refractivity contribution in [1.29, 1.82) is 0 Å². The predicted molar refractivity (Wildman–Crippen MR) is 50.6 cm³/mol. The Morgan fingerprint density at radius 1 is 1.50 bits per heavy atom. The fourth-order valence-corrected chi connectivity index (χ4v) is 2.20. The number of fused-ring (bicyclic) bond motifs is 1. The van der Waals surface area contributed by atoms with Crippen LogP contribution in [0, 0.1) is 11.8 Å². The van der Waals surface area contributed by atoms with Crippen LogP contribution in [0.4, 0.5) is 5.69 Å². The minimum absolute atomic E-state index is 0.0558. The van der Waals surface area contributed by atoms with Gasteiger partial charge in [-0.1, -0.05) is 0 Å². The zero-order valence-corrected chi connectivity index (χ0v) is 7.77. The minimum Gasteiger partial charge on any atom is -0.457 e. The first-order chi connectivity index (χ1) is 6.75. The monoisotopic (exact) mass is 192 g/mol. The van der Waals surface area contributed by atoms with Gasteiger partial charge in [0, 0.05) is 19.2 Å². The third kappa shape index (κ3) is 1.03. The van der Waals surface area contributed by atoms with Gasteiger partial charge >= 0.3 is 0 Å². The van der Waals surface area contributed by atoms with Crippen LogP contribution in [0.15, 0.2) is 16.7 Å². The summed E-state index contributed by atoms with van der Waals surface area (Å²) >= 11 is 0. The largest absolute Gasteiger partial charge is 0.457 e. The maximum Gasteiger partial charge on any atom is 0.291 e. The predicted octanol–water partition coefficient (Wildman–Crippen LogP) is 0.954. The molecule has 1 aliphatic carbocycles. The molecule has 2 atom stereocenters. The second kappa shape index (κ2) is 2.53. The van der Waals surface area contributed by atoms with Crippen LogP contribution in [0.3, 0.4) is 0 Å². The summed E-state index contributed by atoms with van der Waals surface area (Å²) in [5.74, 6) is 1.73. The average Bonchev–Trinajstić information content (AvgIpc) is 2.64. The third-order valence-corrected chi connectivity index (χ3v) is 3.16. The van der Waals surface area contributed by atoms with E-state index < -0.39 is 0 Å². The van der Waals surface area contributed by atoms with Crippen LogP contribution >= 0.6 is 0 Å². The molecular formula is C10H12N2O2. The zero-order chi connectivity index (χ0) is 9.71. The number of likely N-dealkylation sites (tertiary alicyclic amines) is 1. The number of nitrogens with zero attached hydrogens (tertiary/aromatic N) is 1. The van der Waals surface area contributed by atoms with Gasteiger partial charge in [0.2, 0.25) is 5.76 Å². The average molecular weight is 192 g/mol. The quantitative estimate of drug-likeness (QED) is 0.720. The molecule has 0 radical (unpaired) electrons. The molecule has 1 aromatic rings. The van der Waals surface area contributed by atoms with Crippen molar-refractivity contribution >= 4 is 11.6 Å². The van der Waals surface area contributed by atoms with E-state index in [1.54, 1.807) is 6.07 Å². The molecule has 2 aliphatic rings. The summed E-state index contributed by atoms with van der Waals surface area (Å²) in [5.41, 5.74) is 6.05. The number of rotatable bonds is 1. The number of carbonyl (C=O) groups is 1.